The largest absolute Gasteiger partial charge is 0.508 e. The molecule has 0 heterocycles. The molecular formula is C38H60O3. The molecular weight excluding hydrogens is 504 g/mol. The summed E-state index contributed by atoms with van der Waals surface area (Å²) >= 11 is 0. The number of allylic oxidation sites excluding steroid dienone is 4. The van der Waals surface area contributed by atoms with Crippen molar-refractivity contribution in [1.29, 1.82) is 0 Å². The van der Waals surface area contributed by atoms with Crippen LogP contribution in [0, 0.1) is 0 Å². The van der Waals surface area contributed by atoms with Gasteiger partial charge in [-0.25, -0.2) is 0 Å². The molecule has 0 amide bonds. The van der Waals surface area contributed by atoms with Crippen molar-refractivity contribution in [2.24, 2.45) is 0 Å². The van der Waals surface area contributed by atoms with Crippen LogP contribution < -0.4 is 0 Å². The van der Waals surface area contributed by atoms with E-state index in [0.717, 1.165) is 31.2 Å². The molecule has 3 aromatic rings. The van der Waals surface area contributed by atoms with Crippen molar-refractivity contribution in [3.63, 3.8) is 0 Å². The minimum atomic E-state index is 0. The van der Waals surface area contributed by atoms with Gasteiger partial charge in [-0.1, -0.05) is 128 Å². The van der Waals surface area contributed by atoms with Gasteiger partial charge in [0.15, 0.2) is 0 Å². The zero-order valence-corrected chi connectivity index (χ0v) is 26.0. The smallest absolute Gasteiger partial charge is 0.119 e. The second-order valence-corrected chi connectivity index (χ2v) is 8.17. The Kier molecular flexibility index (Phi) is 46.3. The molecule has 0 bridgehead atoms. The third-order valence-electron chi connectivity index (χ3n) is 4.23. The highest BCUT2D eigenvalue weighted by atomic mass is 16.3. The Bertz CT molecular complexity index is 847. The Morgan fingerprint density at radius 1 is 0.512 bits per heavy atom. The van der Waals surface area contributed by atoms with Gasteiger partial charge < -0.3 is 15.3 Å². The summed E-state index contributed by atoms with van der Waals surface area (Å²) in [5.41, 5.74) is 1.02. The van der Waals surface area contributed by atoms with E-state index in [4.69, 9.17) is 10.2 Å². The van der Waals surface area contributed by atoms with Crippen molar-refractivity contribution < 1.29 is 15.3 Å². The minimum absolute atomic E-state index is 0. The van der Waals surface area contributed by atoms with Crippen LogP contribution in [0.5, 0.6) is 17.2 Å². The third kappa shape index (κ3) is 43.3. The maximum absolute atomic E-state index is 9.28. The fourth-order valence-corrected chi connectivity index (χ4v) is 1.83. The maximum atomic E-state index is 9.28. The Balaban J connectivity index is -0.000000127. The molecule has 0 saturated carbocycles. The van der Waals surface area contributed by atoms with E-state index in [0.29, 0.717) is 23.2 Å². The van der Waals surface area contributed by atoms with Crippen LogP contribution in [-0.2, 0) is 0 Å². The van der Waals surface area contributed by atoms with Gasteiger partial charge in [0.05, 0.1) is 0 Å². The summed E-state index contributed by atoms with van der Waals surface area (Å²) in [5.74, 6) is 1.45. The van der Waals surface area contributed by atoms with E-state index in [2.05, 4.69) is 67.9 Å². The van der Waals surface area contributed by atoms with Gasteiger partial charge in [-0.05, 0) is 67.5 Å². The van der Waals surface area contributed by atoms with Gasteiger partial charge in [0.2, 0.25) is 0 Å². The van der Waals surface area contributed by atoms with Crippen LogP contribution in [0.25, 0.3) is 0 Å². The third-order valence-corrected chi connectivity index (χ3v) is 4.23. The first-order chi connectivity index (χ1) is 19.2. The fourth-order valence-electron chi connectivity index (χ4n) is 1.83. The molecule has 0 spiro atoms. The summed E-state index contributed by atoms with van der Waals surface area (Å²) in [5, 5.41) is 26.5. The van der Waals surface area contributed by atoms with Gasteiger partial charge in [-0.15, -0.1) is 26.3 Å². The monoisotopic (exact) mass is 564 g/mol. The Hall–Kier alpha value is -3.98. The van der Waals surface area contributed by atoms with Gasteiger partial charge in [0, 0.05) is 0 Å². The van der Waals surface area contributed by atoms with E-state index in [1.54, 1.807) is 54.6 Å². The summed E-state index contributed by atoms with van der Waals surface area (Å²) in [6, 6.07) is 24.9. The van der Waals surface area contributed by atoms with Gasteiger partial charge >= 0.3 is 0 Å². The topological polar surface area (TPSA) is 60.7 Å². The highest BCUT2D eigenvalue weighted by molar-refractivity contribution is 5.33. The van der Waals surface area contributed by atoms with Crippen LogP contribution in [0.2, 0.25) is 0 Å². The van der Waals surface area contributed by atoms with Gasteiger partial charge in [-0.3, -0.25) is 0 Å². The molecule has 0 saturated heterocycles. The number of hydrogen-bond donors (Lipinski definition) is 3. The number of para-hydroxylation sites is 3. The lowest BCUT2D eigenvalue weighted by atomic mass is 10.0. The molecule has 0 aliphatic carbocycles. The number of phenols is 3. The van der Waals surface area contributed by atoms with Crippen molar-refractivity contribution in [2.75, 3.05) is 0 Å². The molecule has 0 atom stereocenters. The van der Waals surface area contributed by atoms with Crippen molar-refractivity contribution >= 4 is 0 Å². The highest BCUT2D eigenvalue weighted by Gasteiger charge is 2.02. The zero-order valence-electron chi connectivity index (χ0n) is 26.0. The van der Waals surface area contributed by atoms with E-state index in [1.807, 2.05) is 54.6 Å². The summed E-state index contributed by atoms with van der Waals surface area (Å²) in [7, 11) is 0. The average Bonchev–Trinajstić information content (AvgIpc) is 2.99. The van der Waals surface area contributed by atoms with Crippen LogP contribution in [0.3, 0.4) is 0 Å². The summed E-state index contributed by atoms with van der Waals surface area (Å²) in [4.78, 5) is 0. The van der Waals surface area contributed by atoms with Gasteiger partial charge in [0.1, 0.15) is 17.2 Å². The fraction of sp³-hybridized carbons (Fsp3) is 0.316. The van der Waals surface area contributed by atoms with E-state index >= 15 is 0 Å². The molecule has 41 heavy (non-hydrogen) atoms. The lowest BCUT2D eigenvalue weighted by Gasteiger charge is -2.05. The molecule has 3 nitrogen and oxygen atoms in total. The van der Waals surface area contributed by atoms with Crippen LogP contribution in [0.1, 0.15) is 86.1 Å². The maximum Gasteiger partial charge on any atom is 0.119 e. The molecule has 0 fully saturated rings. The van der Waals surface area contributed by atoms with E-state index in [9.17, 15) is 5.11 Å². The molecule has 0 unspecified atom stereocenters. The van der Waals surface area contributed by atoms with Crippen LogP contribution in [-0.4, -0.2) is 15.3 Å². The SMILES string of the molecule is C.C=CCC.C=CCC.C=CCC.C=CCC.CC(C)c1ccccc1O.Oc1ccccc1.Oc1ccccc1. The molecule has 0 aliphatic rings. The van der Waals surface area contributed by atoms with Gasteiger partial charge in [-0.2, -0.15) is 0 Å². The lowest BCUT2D eigenvalue weighted by Crippen LogP contribution is -1.85. The zero-order chi connectivity index (χ0) is 31.4. The second kappa shape index (κ2) is 40.5. The number of rotatable bonds is 5. The second-order valence-electron chi connectivity index (χ2n) is 8.17. The highest BCUT2D eigenvalue weighted by Crippen LogP contribution is 2.23. The summed E-state index contributed by atoms with van der Waals surface area (Å²) in [6.45, 7) is 26.3. The Morgan fingerprint density at radius 2 is 0.756 bits per heavy atom. The van der Waals surface area contributed by atoms with Crippen molar-refractivity contribution in [1.82, 2.24) is 0 Å². The molecule has 3 aromatic carbocycles. The number of aromatic hydroxyl groups is 3. The first-order valence-electron chi connectivity index (χ1n) is 13.9. The Morgan fingerprint density at radius 3 is 0.902 bits per heavy atom. The molecule has 0 aromatic heterocycles. The molecule has 3 heteroatoms. The van der Waals surface area contributed by atoms with Crippen molar-refractivity contribution in [2.45, 2.75) is 80.6 Å². The summed E-state index contributed by atoms with van der Waals surface area (Å²) in [6.07, 6.45) is 11.8. The molecule has 230 valence electrons. The van der Waals surface area contributed by atoms with Crippen molar-refractivity contribution in [3.8, 4) is 17.2 Å². The quantitative estimate of drug-likeness (QED) is 0.270. The predicted octanol–water partition coefficient (Wildman–Crippen LogP) is 12.3. The minimum Gasteiger partial charge on any atom is -0.508 e. The normalized spacial score (nSPS) is 7.88. The van der Waals surface area contributed by atoms with E-state index < -0.39 is 0 Å². The lowest BCUT2D eigenvalue weighted by molar-refractivity contribution is 0.465. The molecule has 0 aliphatic heterocycles. The first-order valence-corrected chi connectivity index (χ1v) is 13.9. The molecule has 3 rings (SSSR count). The Labute approximate surface area is 254 Å². The van der Waals surface area contributed by atoms with Crippen molar-refractivity contribution in [3.05, 3.63) is 141 Å². The number of phenolic OH excluding ortho intramolecular Hbond substituents is 3. The van der Waals surface area contributed by atoms with Crippen LogP contribution in [0.4, 0.5) is 0 Å². The van der Waals surface area contributed by atoms with E-state index in [-0.39, 0.29) is 7.43 Å². The first kappa shape index (κ1) is 46.8. The predicted molar refractivity (Wildman–Crippen MR) is 187 cm³/mol. The van der Waals surface area contributed by atoms with Crippen LogP contribution >= 0.6 is 0 Å². The number of hydrogen-bond acceptors (Lipinski definition) is 3. The van der Waals surface area contributed by atoms with Crippen LogP contribution in [0.15, 0.2) is 136 Å². The molecule has 0 radical (unpaired) electrons. The number of benzene rings is 3. The molecule has 3 N–H and O–H groups in total. The average molecular weight is 565 g/mol. The van der Waals surface area contributed by atoms with E-state index in [1.165, 1.54) is 0 Å². The van der Waals surface area contributed by atoms with Gasteiger partial charge in [0.25, 0.3) is 0 Å². The standard InChI is InChI=1S/C9H12O.2C6H6O.4C4H8.CH4/c1-7(2)8-5-3-4-6-9(8)10;2*7-6-4-2-1-3-5-6;4*1-3-4-2;/h3-7,10H,1-2H3;2*1-5,7H;4*3H,1,4H2,2H3;1H4. The summed E-state index contributed by atoms with van der Waals surface area (Å²) < 4.78 is 0.